The fourth-order valence-electron chi connectivity index (χ4n) is 4.02. The van der Waals surface area contributed by atoms with E-state index in [9.17, 15) is 18.4 Å². The lowest BCUT2D eigenvalue weighted by atomic mass is 10.00. The van der Waals surface area contributed by atoms with E-state index in [1.54, 1.807) is 12.3 Å². The Morgan fingerprint density at radius 1 is 0.943 bits per heavy atom. The lowest BCUT2D eigenvalue weighted by Gasteiger charge is -2.10. The van der Waals surface area contributed by atoms with Gasteiger partial charge < -0.3 is 9.88 Å². The zero-order chi connectivity index (χ0) is 24.4. The van der Waals surface area contributed by atoms with E-state index < -0.39 is 23.1 Å². The van der Waals surface area contributed by atoms with Crippen LogP contribution in [0.3, 0.4) is 0 Å². The van der Waals surface area contributed by atoms with Crippen molar-refractivity contribution in [3.8, 4) is 11.1 Å². The highest BCUT2D eigenvalue weighted by Crippen LogP contribution is 2.28. The standard InChI is InChI=1S/C27H20F2N4O2/c28-23-10-9-18(13-24(23)29)16-33-11-3-7-21(27(33)35)26(34)30-14-17-4-1-5-19(12-17)20-6-2-8-25-22(20)15-31-32-25/h1-13,15H,14,16H2,(H,30,34)(H,31,32). The zero-order valence-corrected chi connectivity index (χ0v) is 18.5. The van der Waals surface area contributed by atoms with E-state index in [2.05, 4.69) is 15.5 Å². The number of carbonyl (C=O) groups excluding carboxylic acids is 1. The van der Waals surface area contributed by atoms with Crippen molar-refractivity contribution in [3.63, 3.8) is 0 Å². The molecule has 6 nitrogen and oxygen atoms in total. The summed E-state index contributed by atoms with van der Waals surface area (Å²) in [5, 5.41) is 10.9. The Morgan fingerprint density at radius 2 is 1.80 bits per heavy atom. The lowest BCUT2D eigenvalue weighted by Crippen LogP contribution is -2.32. The molecule has 0 saturated heterocycles. The molecule has 2 N–H and O–H groups in total. The van der Waals surface area contributed by atoms with Crippen LogP contribution in [0.4, 0.5) is 8.78 Å². The van der Waals surface area contributed by atoms with Crippen molar-refractivity contribution < 1.29 is 13.6 Å². The summed E-state index contributed by atoms with van der Waals surface area (Å²) in [6.07, 6.45) is 3.28. The van der Waals surface area contributed by atoms with Crippen molar-refractivity contribution in [1.29, 1.82) is 0 Å². The number of nitrogens with zero attached hydrogens (tertiary/aromatic N) is 2. The molecule has 8 heteroatoms. The quantitative estimate of drug-likeness (QED) is 0.379. The Morgan fingerprint density at radius 3 is 2.66 bits per heavy atom. The first-order chi connectivity index (χ1) is 17.0. The Labute approximate surface area is 198 Å². The molecule has 5 rings (SSSR count). The van der Waals surface area contributed by atoms with Crippen molar-refractivity contribution in [2.75, 3.05) is 0 Å². The van der Waals surface area contributed by atoms with Crippen LogP contribution in [0.25, 0.3) is 22.0 Å². The number of benzene rings is 3. The first-order valence-corrected chi connectivity index (χ1v) is 10.9. The average molecular weight is 470 g/mol. The van der Waals surface area contributed by atoms with Gasteiger partial charge >= 0.3 is 0 Å². The van der Waals surface area contributed by atoms with Crippen LogP contribution < -0.4 is 10.9 Å². The third-order valence-electron chi connectivity index (χ3n) is 5.78. The Kier molecular flexibility index (Phi) is 5.93. The van der Waals surface area contributed by atoms with E-state index in [0.29, 0.717) is 5.56 Å². The number of carbonyl (C=O) groups is 1. The molecule has 0 aliphatic carbocycles. The van der Waals surface area contributed by atoms with Crippen molar-refractivity contribution in [1.82, 2.24) is 20.1 Å². The fraction of sp³-hybridized carbons (Fsp3) is 0.0741. The Bertz CT molecular complexity index is 1610. The van der Waals surface area contributed by atoms with Crippen LogP contribution in [-0.4, -0.2) is 20.7 Å². The van der Waals surface area contributed by atoms with Gasteiger partial charge in [0.1, 0.15) is 5.56 Å². The lowest BCUT2D eigenvalue weighted by molar-refractivity contribution is 0.0949. The van der Waals surface area contributed by atoms with Gasteiger partial charge in [0.15, 0.2) is 11.6 Å². The molecule has 0 aliphatic rings. The number of halogens is 2. The monoisotopic (exact) mass is 470 g/mol. The highest BCUT2D eigenvalue weighted by Gasteiger charge is 2.13. The third-order valence-corrected chi connectivity index (χ3v) is 5.78. The zero-order valence-electron chi connectivity index (χ0n) is 18.5. The predicted octanol–water partition coefficient (Wildman–Crippen LogP) is 4.65. The Hall–Kier alpha value is -4.59. The second kappa shape index (κ2) is 9.34. The first kappa shape index (κ1) is 22.2. The summed E-state index contributed by atoms with van der Waals surface area (Å²) in [5.41, 5.74) is 3.67. The summed E-state index contributed by atoms with van der Waals surface area (Å²) in [5.74, 6) is -2.47. The van der Waals surface area contributed by atoms with Gasteiger partial charge in [-0.25, -0.2) is 8.78 Å². The van der Waals surface area contributed by atoms with Crippen LogP contribution in [0.2, 0.25) is 0 Å². The largest absolute Gasteiger partial charge is 0.348 e. The highest BCUT2D eigenvalue weighted by atomic mass is 19.2. The number of nitrogens with one attached hydrogen (secondary N) is 2. The number of hydrogen-bond donors (Lipinski definition) is 2. The summed E-state index contributed by atoms with van der Waals surface area (Å²) in [4.78, 5) is 25.6. The summed E-state index contributed by atoms with van der Waals surface area (Å²) < 4.78 is 28.0. The summed E-state index contributed by atoms with van der Waals surface area (Å²) >= 11 is 0. The van der Waals surface area contributed by atoms with Crippen molar-refractivity contribution in [2.24, 2.45) is 0 Å². The molecule has 2 heterocycles. The van der Waals surface area contributed by atoms with Gasteiger partial charge in [-0.3, -0.25) is 14.7 Å². The van der Waals surface area contributed by atoms with Crippen LogP contribution in [0, 0.1) is 11.6 Å². The van der Waals surface area contributed by atoms with E-state index >= 15 is 0 Å². The van der Waals surface area contributed by atoms with Crippen molar-refractivity contribution >= 4 is 16.8 Å². The molecule has 2 aromatic heterocycles. The molecule has 1 amide bonds. The molecule has 0 fully saturated rings. The predicted molar refractivity (Wildman–Crippen MR) is 129 cm³/mol. The second-order valence-corrected chi connectivity index (χ2v) is 8.12. The molecular weight excluding hydrogens is 450 g/mol. The van der Waals surface area contributed by atoms with Crippen LogP contribution in [-0.2, 0) is 13.1 Å². The van der Waals surface area contributed by atoms with Crippen molar-refractivity contribution in [2.45, 2.75) is 13.1 Å². The van der Waals surface area contributed by atoms with Crippen LogP contribution in [0.1, 0.15) is 21.5 Å². The molecule has 0 atom stereocenters. The van der Waals surface area contributed by atoms with Gasteiger partial charge in [0.2, 0.25) is 0 Å². The molecule has 0 unspecified atom stereocenters. The number of aromatic nitrogens is 3. The molecular formula is C27H20F2N4O2. The molecule has 35 heavy (non-hydrogen) atoms. The molecule has 0 bridgehead atoms. The van der Waals surface area contributed by atoms with Crippen LogP contribution >= 0.6 is 0 Å². The summed E-state index contributed by atoms with van der Waals surface area (Å²) in [7, 11) is 0. The van der Waals surface area contributed by atoms with Crippen molar-refractivity contribution in [3.05, 3.63) is 124 Å². The Balaban J connectivity index is 1.32. The van der Waals surface area contributed by atoms with E-state index in [-0.39, 0.29) is 18.7 Å². The molecule has 0 aliphatic heterocycles. The maximum Gasteiger partial charge on any atom is 0.263 e. The average Bonchev–Trinajstić information content (AvgIpc) is 3.35. The molecule has 0 saturated carbocycles. The van der Waals surface area contributed by atoms with Gasteiger partial charge in [0, 0.05) is 18.1 Å². The molecule has 3 aromatic carbocycles. The van der Waals surface area contributed by atoms with E-state index in [4.69, 9.17) is 0 Å². The van der Waals surface area contributed by atoms with E-state index in [0.717, 1.165) is 39.7 Å². The van der Waals surface area contributed by atoms with E-state index in [1.807, 2.05) is 42.5 Å². The van der Waals surface area contributed by atoms with Crippen LogP contribution in [0.5, 0.6) is 0 Å². The van der Waals surface area contributed by atoms with Gasteiger partial charge in [0.05, 0.1) is 18.3 Å². The number of fused-ring (bicyclic) bond motifs is 1. The summed E-state index contributed by atoms with van der Waals surface area (Å²) in [6, 6.07) is 20.1. The number of H-pyrrole nitrogens is 1. The van der Waals surface area contributed by atoms with Crippen LogP contribution in [0.15, 0.2) is 90.0 Å². The maximum atomic E-state index is 13.5. The van der Waals surface area contributed by atoms with Gasteiger partial charge in [0.25, 0.3) is 11.5 Å². The number of aromatic amines is 1. The smallest absolute Gasteiger partial charge is 0.263 e. The van der Waals surface area contributed by atoms with E-state index in [1.165, 1.54) is 22.9 Å². The molecule has 174 valence electrons. The summed E-state index contributed by atoms with van der Waals surface area (Å²) in [6.45, 7) is 0.240. The highest BCUT2D eigenvalue weighted by molar-refractivity contribution is 5.95. The number of rotatable bonds is 6. The number of pyridine rings is 1. The maximum absolute atomic E-state index is 13.5. The molecule has 0 spiro atoms. The number of hydrogen-bond acceptors (Lipinski definition) is 3. The fourth-order valence-corrected chi connectivity index (χ4v) is 4.02. The van der Waals surface area contributed by atoms with Gasteiger partial charge in [-0.15, -0.1) is 0 Å². The normalized spacial score (nSPS) is 11.0. The molecule has 0 radical (unpaired) electrons. The first-order valence-electron chi connectivity index (χ1n) is 10.9. The second-order valence-electron chi connectivity index (χ2n) is 8.12. The molecule has 5 aromatic rings. The minimum Gasteiger partial charge on any atom is -0.348 e. The SMILES string of the molecule is O=C(NCc1cccc(-c2cccc3[nH]ncc23)c1)c1cccn(Cc2ccc(F)c(F)c2)c1=O. The topological polar surface area (TPSA) is 79.8 Å². The minimum absolute atomic E-state index is 0.0127. The third kappa shape index (κ3) is 4.59. The van der Waals surface area contributed by atoms with Gasteiger partial charge in [-0.05, 0) is 58.7 Å². The minimum atomic E-state index is -0.990. The van der Waals surface area contributed by atoms with Gasteiger partial charge in [-0.1, -0.05) is 36.4 Å². The number of amides is 1. The van der Waals surface area contributed by atoms with Gasteiger partial charge in [-0.2, -0.15) is 5.10 Å².